The summed E-state index contributed by atoms with van der Waals surface area (Å²) in [6, 6.07) is 16.5. The largest absolute Gasteiger partial charge is 0.494 e. The fourth-order valence-electron chi connectivity index (χ4n) is 2.67. The minimum Gasteiger partial charge on any atom is -0.494 e. The number of carbonyl (C=O) groups excluding carboxylic acids is 1. The van der Waals surface area contributed by atoms with Gasteiger partial charge in [0.2, 0.25) is 5.95 Å². The Morgan fingerprint density at radius 1 is 0.929 bits per heavy atom. The van der Waals surface area contributed by atoms with Crippen LogP contribution in [0.1, 0.15) is 35.1 Å². The van der Waals surface area contributed by atoms with Gasteiger partial charge in [-0.3, -0.25) is 4.79 Å². The van der Waals surface area contributed by atoms with Gasteiger partial charge >= 0.3 is 0 Å². The van der Waals surface area contributed by atoms with Crippen molar-refractivity contribution in [3.63, 3.8) is 0 Å². The normalized spacial score (nSPS) is 10.4. The molecule has 6 heteroatoms. The Kier molecular flexibility index (Phi) is 6.22. The van der Waals surface area contributed by atoms with Crippen molar-refractivity contribution in [2.45, 2.75) is 27.2 Å². The molecule has 0 radical (unpaired) electrons. The highest BCUT2D eigenvalue weighted by Crippen LogP contribution is 2.18. The number of carbonyl (C=O) groups is 1. The minimum absolute atomic E-state index is 0.170. The molecule has 144 valence electrons. The van der Waals surface area contributed by atoms with E-state index in [0.29, 0.717) is 18.1 Å². The van der Waals surface area contributed by atoms with E-state index in [9.17, 15) is 4.79 Å². The third kappa shape index (κ3) is 5.30. The van der Waals surface area contributed by atoms with Gasteiger partial charge in [-0.25, -0.2) is 9.97 Å². The van der Waals surface area contributed by atoms with Gasteiger partial charge < -0.3 is 15.4 Å². The lowest BCUT2D eigenvalue weighted by Crippen LogP contribution is -2.11. The minimum atomic E-state index is -0.170. The van der Waals surface area contributed by atoms with Crippen molar-refractivity contribution in [3.8, 4) is 5.75 Å². The van der Waals surface area contributed by atoms with Crippen molar-refractivity contribution in [1.82, 2.24) is 9.97 Å². The molecular weight excluding hydrogens is 352 g/mol. The summed E-state index contributed by atoms with van der Waals surface area (Å²) in [5.41, 5.74) is 3.91. The van der Waals surface area contributed by atoms with Crippen LogP contribution >= 0.6 is 0 Å². The Labute approximate surface area is 165 Å². The molecule has 1 aromatic heterocycles. The molecule has 2 aromatic carbocycles. The van der Waals surface area contributed by atoms with Crippen molar-refractivity contribution >= 4 is 23.2 Å². The van der Waals surface area contributed by atoms with Crippen LogP contribution in [0.3, 0.4) is 0 Å². The highest BCUT2D eigenvalue weighted by Gasteiger charge is 2.07. The molecule has 0 spiro atoms. The predicted octanol–water partition coefficient (Wildman–Crippen LogP) is 4.88. The standard InChI is InChI=1S/C22H24N4O2/c1-4-13-28-20-11-9-18(10-12-20)25-21(27)17-5-7-19(8-6-17)26-22-23-15(2)14-16(3)24-22/h5-12,14H,4,13H2,1-3H3,(H,25,27)(H,23,24,26). The first kappa shape index (κ1) is 19.4. The predicted molar refractivity (Wildman–Crippen MR) is 111 cm³/mol. The van der Waals surface area contributed by atoms with Crippen molar-refractivity contribution in [1.29, 1.82) is 0 Å². The Balaban J connectivity index is 1.61. The van der Waals surface area contributed by atoms with E-state index in [1.165, 1.54) is 0 Å². The molecule has 1 heterocycles. The maximum Gasteiger partial charge on any atom is 0.255 e. The summed E-state index contributed by atoms with van der Waals surface area (Å²) in [6.07, 6.45) is 0.957. The zero-order valence-corrected chi connectivity index (χ0v) is 16.3. The number of nitrogens with one attached hydrogen (secondary N) is 2. The van der Waals surface area contributed by atoms with E-state index in [1.54, 1.807) is 12.1 Å². The number of aryl methyl sites for hydroxylation is 2. The van der Waals surface area contributed by atoms with Gasteiger partial charge in [0.1, 0.15) is 5.75 Å². The van der Waals surface area contributed by atoms with E-state index in [4.69, 9.17) is 4.74 Å². The number of anilines is 3. The number of benzene rings is 2. The van der Waals surface area contributed by atoms with Gasteiger partial charge in [0.25, 0.3) is 5.91 Å². The second-order valence-corrected chi connectivity index (χ2v) is 6.50. The summed E-state index contributed by atoms with van der Waals surface area (Å²) >= 11 is 0. The van der Waals surface area contributed by atoms with Crippen molar-refractivity contribution in [2.75, 3.05) is 17.2 Å². The first-order valence-electron chi connectivity index (χ1n) is 9.27. The molecule has 1 amide bonds. The molecule has 0 aliphatic rings. The van der Waals surface area contributed by atoms with Gasteiger partial charge in [-0.1, -0.05) is 6.92 Å². The number of nitrogens with zero attached hydrogens (tertiary/aromatic N) is 2. The van der Waals surface area contributed by atoms with E-state index in [1.807, 2.05) is 56.3 Å². The molecule has 0 bridgehead atoms. The third-order valence-electron chi connectivity index (χ3n) is 3.97. The highest BCUT2D eigenvalue weighted by atomic mass is 16.5. The molecule has 6 nitrogen and oxygen atoms in total. The van der Waals surface area contributed by atoms with Gasteiger partial charge in [0, 0.05) is 28.3 Å². The molecule has 3 rings (SSSR count). The molecule has 3 aromatic rings. The average Bonchev–Trinajstić information content (AvgIpc) is 2.67. The van der Waals surface area contributed by atoms with E-state index in [-0.39, 0.29) is 5.91 Å². The van der Waals surface area contributed by atoms with E-state index in [2.05, 4.69) is 27.5 Å². The van der Waals surface area contributed by atoms with Crippen LogP contribution < -0.4 is 15.4 Å². The average molecular weight is 376 g/mol. The van der Waals surface area contributed by atoms with Crippen LogP contribution in [0, 0.1) is 13.8 Å². The van der Waals surface area contributed by atoms with Gasteiger partial charge in [-0.15, -0.1) is 0 Å². The number of rotatable bonds is 7. The first-order valence-corrected chi connectivity index (χ1v) is 9.27. The molecular formula is C22H24N4O2. The summed E-state index contributed by atoms with van der Waals surface area (Å²) in [6.45, 7) is 6.59. The SMILES string of the molecule is CCCOc1ccc(NC(=O)c2ccc(Nc3nc(C)cc(C)n3)cc2)cc1. The first-order chi connectivity index (χ1) is 13.5. The van der Waals surface area contributed by atoms with Crippen LogP contribution in [0.4, 0.5) is 17.3 Å². The molecule has 0 aliphatic heterocycles. The van der Waals surface area contributed by atoms with E-state index < -0.39 is 0 Å². The summed E-state index contributed by atoms with van der Waals surface area (Å²) in [5.74, 6) is 1.17. The maximum atomic E-state index is 12.4. The summed E-state index contributed by atoms with van der Waals surface area (Å²) in [5, 5.41) is 6.04. The lowest BCUT2D eigenvalue weighted by atomic mass is 10.2. The van der Waals surface area contributed by atoms with E-state index >= 15 is 0 Å². The summed E-state index contributed by atoms with van der Waals surface area (Å²) < 4.78 is 5.55. The van der Waals surface area contributed by atoms with Crippen LogP contribution in [0.2, 0.25) is 0 Å². The topological polar surface area (TPSA) is 76.1 Å². The number of ether oxygens (including phenoxy) is 1. The zero-order chi connectivity index (χ0) is 19.9. The van der Waals surface area contributed by atoms with Gasteiger partial charge in [0.05, 0.1) is 6.61 Å². The lowest BCUT2D eigenvalue weighted by Gasteiger charge is -2.09. The van der Waals surface area contributed by atoms with Crippen molar-refractivity contribution in [2.24, 2.45) is 0 Å². The summed E-state index contributed by atoms with van der Waals surface area (Å²) in [4.78, 5) is 21.2. The lowest BCUT2D eigenvalue weighted by molar-refractivity contribution is 0.102. The summed E-state index contributed by atoms with van der Waals surface area (Å²) in [7, 11) is 0. The fraction of sp³-hybridized carbons (Fsp3) is 0.227. The molecule has 0 saturated heterocycles. The number of hydrogen-bond acceptors (Lipinski definition) is 5. The molecule has 2 N–H and O–H groups in total. The smallest absolute Gasteiger partial charge is 0.255 e. The molecule has 28 heavy (non-hydrogen) atoms. The molecule has 0 fully saturated rings. The van der Waals surface area contributed by atoms with Crippen LogP contribution in [0.25, 0.3) is 0 Å². The van der Waals surface area contributed by atoms with Gasteiger partial charge in [-0.05, 0) is 74.9 Å². The molecule has 0 unspecified atom stereocenters. The van der Waals surface area contributed by atoms with Crippen LogP contribution in [-0.2, 0) is 0 Å². The van der Waals surface area contributed by atoms with Crippen molar-refractivity contribution < 1.29 is 9.53 Å². The van der Waals surface area contributed by atoms with Crippen LogP contribution in [0.15, 0.2) is 54.6 Å². The molecule has 0 atom stereocenters. The van der Waals surface area contributed by atoms with Crippen molar-refractivity contribution in [3.05, 3.63) is 71.5 Å². The third-order valence-corrected chi connectivity index (χ3v) is 3.97. The second-order valence-electron chi connectivity index (χ2n) is 6.50. The second kappa shape index (κ2) is 8.99. The van der Waals surface area contributed by atoms with Gasteiger partial charge in [-0.2, -0.15) is 0 Å². The molecule has 0 aliphatic carbocycles. The Morgan fingerprint density at radius 3 is 2.14 bits per heavy atom. The Morgan fingerprint density at radius 2 is 1.54 bits per heavy atom. The van der Waals surface area contributed by atoms with Gasteiger partial charge in [0.15, 0.2) is 0 Å². The van der Waals surface area contributed by atoms with Crippen LogP contribution in [0.5, 0.6) is 5.75 Å². The zero-order valence-electron chi connectivity index (χ0n) is 16.3. The number of aromatic nitrogens is 2. The Bertz CT molecular complexity index is 918. The number of amides is 1. The number of hydrogen-bond donors (Lipinski definition) is 2. The van der Waals surface area contributed by atoms with E-state index in [0.717, 1.165) is 34.9 Å². The Hall–Kier alpha value is -3.41. The quantitative estimate of drug-likeness (QED) is 0.615. The molecule has 0 saturated carbocycles. The maximum absolute atomic E-state index is 12.4. The highest BCUT2D eigenvalue weighted by molar-refractivity contribution is 6.04. The van der Waals surface area contributed by atoms with Crippen LogP contribution in [-0.4, -0.2) is 22.5 Å². The monoisotopic (exact) mass is 376 g/mol. The fourth-order valence-corrected chi connectivity index (χ4v) is 2.67.